The molecule has 106 valence electrons. The highest BCUT2D eigenvalue weighted by Gasteiger charge is 2.13. The van der Waals surface area contributed by atoms with Gasteiger partial charge in [0, 0.05) is 11.1 Å². The molecule has 20 heavy (non-hydrogen) atoms. The zero-order valence-electron chi connectivity index (χ0n) is 10.9. The van der Waals surface area contributed by atoms with Crippen LogP contribution in [0.15, 0.2) is 40.9 Å². The lowest BCUT2D eigenvalue weighted by Gasteiger charge is -2.15. The first kappa shape index (κ1) is 15.6. The Morgan fingerprint density at radius 3 is 2.65 bits per heavy atom. The van der Waals surface area contributed by atoms with Crippen molar-refractivity contribution in [1.82, 2.24) is 0 Å². The van der Waals surface area contributed by atoms with E-state index in [-0.39, 0.29) is 6.04 Å². The number of nitrogens with two attached hydrogens (primary N) is 1. The molecular formula is C15H14BrCl2NO. The van der Waals surface area contributed by atoms with Gasteiger partial charge >= 0.3 is 0 Å². The molecule has 2 N–H and O–H groups in total. The maximum atomic E-state index is 6.24. The van der Waals surface area contributed by atoms with E-state index in [1.165, 1.54) is 0 Å². The first-order valence-corrected chi connectivity index (χ1v) is 7.68. The average Bonchev–Trinajstić information content (AvgIpc) is 2.35. The number of benzene rings is 2. The van der Waals surface area contributed by atoms with Gasteiger partial charge in [0.2, 0.25) is 0 Å². The van der Waals surface area contributed by atoms with Gasteiger partial charge in [0.25, 0.3) is 0 Å². The van der Waals surface area contributed by atoms with Gasteiger partial charge in [-0.15, -0.1) is 0 Å². The lowest BCUT2D eigenvalue weighted by Crippen LogP contribution is -2.18. The van der Waals surface area contributed by atoms with Crippen LogP contribution in [0.1, 0.15) is 12.5 Å². The summed E-state index contributed by atoms with van der Waals surface area (Å²) in [6, 6.07) is 11.0. The van der Waals surface area contributed by atoms with Crippen LogP contribution in [0.3, 0.4) is 0 Å². The normalized spacial score (nSPS) is 12.2. The van der Waals surface area contributed by atoms with Gasteiger partial charge in [0.15, 0.2) is 0 Å². The number of halogens is 3. The van der Waals surface area contributed by atoms with Gasteiger partial charge in [-0.25, -0.2) is 0 Å². The molecule has 5 heteroatoms. The Morgan fingerprint density at radius 1 is 1.25 bits per heavy atom. The SMILES string of the molecule is CC(N)Cc1cccc(Cl)c1Oc1ccc(Cl)cc1Br. The molecule has 0 fully saturated rings. The Bertz CT molecular complexity index is 617. The molecule has 0 heterocycles. The molecule has 0 aliphatic heterocycles. The van der Waals surface area contributed by atoms with Gasteiger partial charge in [0.1, 0.15) is 11.5 Å². The van der Waals surface area contributed by atoms with Gasteiger partial charge < -0.3 is 10.5 Å². The van der Waals surface area contributed by atoms with Crippen LogP contribution in [0, 0.1) is 0 Å². The van der Waals surface area contributed by atoms with Crippen LogP contribution in [0.2, 0.25) is 10.0 Å². The molecule has 2 aromatic carbocycles. The highest BCUT2D eigenvalue weighted by molar-refractivity contribution is 9.10. The summed E-state index contributed by atoms with van der Waals surface area (Å²) < 4.78 is 6.71. The van der Waals surface area contributed by atoms with Gasteiger partial charge in [-0.05, 0) is 59.1 Å². The fraction of sp³-hybridized carbons (Fsp3) is 0.200. The third kappa shape index (κ3) is 3.89. The molecule has 0 aromatic heterocycles. The summed E-state index contributed by atoms with van der Waals surface area (Å²) in [5.41, 5.74) is 6.84. The molecule has 2 nitrogen and oxygen atoms in total. The molecular weight excluding hydrogens is 361 g/mol. The van der Waals surface area contributed by atoms with Crippen LogP contribution in [0.5, 0.6) is 11.5 Å². The van der Waals surface area contributed by atoms with E-state index in [1.54, 1.807) is 24.3 Å². The summed E-state index contributed by atoms with van der Waals surface area (Å²) in [5.74, 6) is 1.29. The highest BCUT2D eigenvalue weighted by atomic mass is 79.9. The average molecular weight is 375 g/mol. The summed E-state index contributed by atoms with van der Waals surface area (Å²) in [6.45, 7) is 1.95. The minimum absolute atomic E-state index is 0.0319. The number of rotatable bonds is 4. The lowest BCUT2D eigenvalue weighted by atomic mass is 10.1. The summed E-state index contributed by atoms with van der Waals surface area (Å²) in [4.78, 5) is 0. The second kappa shape index (κ2) is 6.81. The Morgan fingerprint density at radius 2 is 2.00 bits per heavy atom. The van der Waals surface area contributed by atoms with Gasteiger partial charge in [-0.2, -0.15) is 0 Å². The minimum atomic E-state index is 0.0319. The number of ether oxygens (including phenoxy) is 1. The van der Waals surface area contributed by atoms with E-state index in [4.69, 9.17) is 33.7 Å². The maximum absolute atomic E-state index is 6.24. The summed E-state index contributed by atoms with van der Waals surface area (Å²) in [7, 11) is 0. The van der Waals surface area contributed by atoms with E-state index in [1.807, 2.05) is 19.1 Å². The predicted molar refractivity (Wildman–Crippen MR) is 88.0 cm³/mol. The van der Waals surface area contributed by atoms with E-state index in [0.717, 1.165) is 10.0 Å². The second-order valence-electron chi connectivity index (χ2n) is 4.59. The molecule has 0 aliphatic carbocycles. The van der Waals surface area contributed by atoms with Crippen molar-refractivity contribution in [1.29, 1.82) is 0 Å². The van der Waals surface area contributed by atoms with Gasteiger partial charge in [-0.1, -0.05) is 35.3 Å². The van der Waals surface area contributed by atoms with Crippen LogP contribution < -0.4 is 10.5 Å². The summed E-state index contributed by atoms with van der Waals surface area (Å²) in [6.07, 6.45) is 0.696. The molecule has 0 aliphatic rings. The molecule has 2 aromatic rings. The monoisotopic (exact) mass is 373 g/mol. The molecule has 0 spiro atoms. The highest BCUT2D eigenvalue weighted by Crippen LogP contribution is 2.37. The van der Waals surface area contributed by atoms with Crippen LogP contribution in [-0.4, -0.2) is 6.04 Å². The van der Waals surface area contributed by atoms with E-state index in [2.05, 4.69) is 15.9 Å². The first-order chi connectivity index (χ1) is 9.47. The smallest absolute Gasteiger partial charge is 0.149 e. The van der Waals surface area contributed by atoms with E-state index in [0.29, 0.717) is 28.0 Å². The molecule has 1 atom stereocenters. The topological polar surface area (TPSA) is 35.2 Å². The Hall–Kier alpha value is -0.740. The Balaban J connectivity index is 2.37. The number of para-hydroxylation sites is 1. The molecule has 0 radical (unpaired) electrons. The summed E-state index contributed by atoms with van der Waals surface area (Å²) in [5, 5.41) is 1.20. The van der Waals surface area contributed by atoms with Crippen molar-refractivity contribution < 1.29 is 4.74 Å². The van der Waals surface area contributed by atoms with Crippen molar-refractivity contribution in [2.75, 3.05) is 0 Å². The molecule has 0 saturated heterocycles. The zero-order chi connectivity index (χ0) is 14.7. The first-order valence-electron chi connectivity index (χ1n) is 6.13. The molecule has 0 saturated carbocycles. The quantitative estimate of drug-likeness (QED) is 0.773. The lowest BCUT2D eigenvalue weighted by molar-refractivity contribution is 0.471. The van der Waals surface area contributed by atoms with Crippen molar-refractivity contribution >= 4 is 39.1 Å². The molecule has 1 unspecified atom stereocenters. The number of hydrogen-bond donors (Lipinski definition) is 1. The van der Waals surface area contributed by atoms with Crippen molar-refractivity contribution in [2.24, 2.45) is 5.73 Å². The second-order valence-corrected chi connectivity index (χ2v) is 6.28. The van der Waals surface area contributed by atoms with Crippen LogP contribution >= 0.6 is 39.1 Å². The third-order valence-corrected chi connectivity index (χ3v) is 3.85. The van der Waals surface area contributed by atoms with Crippen molar-refractivity contribution in [3.63, 3.8) is 0 Å². The van der Waals surface area contributed by atoms with Gasteiger partial charge in [-0.3, -0.25) is 0 Å². The van der Waals surface area contributed by atoms with Crippen LogP contribution in [0.4, 0.5) is 0 Å². The maximum Gasteiger partial charge on any atom is 0.149 e. The van der Waals surface area contributed by atoms with E-state index < -0.39 is 0 Å². The van der Waals surface area contributed by atoms with E-state index in [9.17, 15) is 0 Å². The fourth-order valence-electron chi connectivity index (χ4n) is 1.84. The predicted octanol–water partition coefficient (Wildman–Crippen LogP) is 5.44. The largest absolute Gasteiger partial charge is 0.454 e. The van der Waals surface area contributed by atoms with Crippen molar-refractivity contribution in [3.8, 4) is 11.5 Å². The Labute approximate surface area is 137 Å². The van der Waals surface area contributed by atoms with Crippen molar-refractivity contribution in [3.05, 3.63) is 56.5 Å². The van der Waals surface area contributed by atoms with Crippen LogP contribution in [-0.2, 0) is 6.42 Å². The standard InChI is InChI=1S/C15H14BrCl2NO/c1-9(19)7-10-3-2-4-13(18)15(10)20-14-6-5-11(17)8-12(14)16/h2-6,8-9H,7,19H2,1H3. The fourth-order valence-corrected chi connectivity index (χ4v) is 2.84. The third-order valence-electron chi connectivity index (χ3n) is 2.70. The molecule has 0 bridgehead atoms. The van der Waals surface area contributed by atoms with Crippen LogP contribution in [0.25, 0.3) is 0 Å². The minimum Gasteiger partial charge on any atom is -0.454 e. The summed E-state index contributed by atoms with van der Waals surface area (Å²) >= 11 is 15.6. The van der Waals surface area contributed by atoms with Gasteiger partial charge in [0.05, 0.1) is 9.50 Å². The Kier molecular flexibility index (Phi) is 5.33. The molecule has 2 rings (SSSR count). The van der Waals surface area contributed by atoms with Crippen molar-refractivity contribution in [2.45, 2.75) is 19.4 Å². The number of hydrogen-bond acceptors (Lipinski definition) is 2. The molecule has 0 amide bonds. The van der Waals surface area contributed by atoms with E-state index >= 15 is 0 Å². The zero-order valence-corrected chi connectivity index (χ0v) is 14.0.